The Kier molecular flexibility index (Phi) is 5.33. The van der Waals surface area contributed by atoms with Gasteiger partial charge in [-0.25, -0.2) is 4.79 Å². The van der Waals surface area contributed by atoms with Crippen molar-refractivity contribution in [3.05, 3.63) is 0 Å². The number of rotatable bonds is 4. The van der Waals surface area contributed by atoms with Crippen molar-refractivity contribution in [3.8, 4) is 0 Å². The topological polar surface area (TPSA) is 46.6 Å². The average Bonchev–Trinajstić information content (AvgIpc) is 1.99. The summed E-state index contributed by atoms with van der Waals surface area (Å²) in [6.45, 7) is 10.0. The van der Waals surface area contributed by atoms with Gasteiger partial charge in [-0.15, -0.1) is 0 Å². The fourth-order valence-electron chi connectivity index (χ4n) is 1.08. The molecule has 0 aliphatic carbocycles. The molecule has 0 heterocycles. The normalized spacial score (nSPS) is 11.3. The molecule has 0 aliphatic heterocycles. The van der Waals surface area contributed by atoms with Gasteiger partial charge in [0.1, 0.15) is 11.9 Å². The summed E-state index contributed by atoms with van der Waals surface area (Å²) in [5, 5.41) is 0. The fourth-order valence-corrected chi connectivity index (χ4v) is 1.08. The third-order valence-electron chi connectivity index (χ3n) is 1.53. The Labute approximate surface area is 91.6 Å². The van der Waals surface area contributed by atoms with Gasteiger partial charge in [-0.05, 0) is 26.7 Å². The summed E-state index contributed by atoms with van der Waals surface area (Å²) in [7, 11) is 0. The van der Waals surface area contributed by atoms with E-state index in [9.17, 15) is 9.59 Å². The first-order valence-electron chi connectivity index (χ1n) is 5.18. The Bertz CT molecular complexity index is 218. The fraction of sp³-hybridized carbons (Fsp3) is 0.818. The molecule has 0 spiro atoms. The Morgan fingerprint density at radius 1 is 1.40 bits per heavy atom. The van der Waals surface area contributed by atoms with Gasteiger partial charge in [0.15, 0.2) is 0 Å². The molecule has 4 nitrogen and oxygen atoms in total. The van der Waals surface area contributed by atoms with Gasteiger partial charge in [0.2, 0.25) is 0 Å². The Hall–Kier alpha value is -1.06. The number of ether oxygens (including phenoxy) is 1. The molecule has 0 aromatic carbocycles. The van der Waals surface area contributed by atoms with Gasteiger partial charge < -0.3 is 14.4 Å². The van der Waals surface area contributed by atoms with E-state index in [0.717, 1.165) is 0 Å². The van der Waals surface area contributed by atoms with Gasteiger partial charge in [0.05, 0.1) is 6.54 Å². The molecular formula is C11H21NO3. The Morgan fingerprint density at radius 2 is 1.93 bits per heavy atom. The van der Waals surface area contributed by atoms with Crippen LogP contribution in [0.3, 0.4) is 0 Å². The van der Waals surface area contributed by atoms with Crippen molar-refractivity contribution in [3.63, 3.8) is 0 Å². The van der Waals surface area contributed by atoms with Crippen molar-refractivity contribution in [2.24, 2.45) is 5.92 Å². The number of amides is 1. The highest BCUT2D eigenvalue weighted by Gasteiger charge is 2.22. The second-order valence-corrected chi connectivity index (χ2v) is 4.95. The number of carbonyl (C=O) groups excluding carboxylic acids is 2. The molecule has 0 aliphatic rings. The van der Waals surface area contributed by atoms with Crippen LogP contribution < -0.4 is 0 Å². The highest BCUT2D eigenvalue weighted by Crippen LogP contribution is 2.10. The van der Waals surface area contributed by atoms with Crippen molar-refractivity contribution in [1.82, 2.24) is 4.90 Å². The zero-order valence-electron chi connectivity index (χ0n) is 10.2. The van der Waals surface area contributed by atoms with Crippen LogP contribution in [0, 0.1) is 5.92 Å². The lowest BCUT2D eigenvalue weighted by Gasteiger charge is -2.27. The monoisotopic (exact) mass is 215 g/mol. The smallest absolute Gasteiger partial charge is 0.410 e. The van der Waals surface area contributed by atoms with E-state index >= 15 is 0 Å². The minimum atomic E-state index is -0.519. The molecule has 0 fully saturated rings. The minimum absolute atomic E-state index is 0.0904. The number of nitrogens with zero attached hydrogens (tertiary/aromatic N) is 1. The second-order valence-electron chi connectivity index (χ2n) is 4.95. The summed E-state index contributed by atoms with van der Waals surface area (Å²) in [5.74, 6) is 0.317. The highest BCUT2D eigenvalue weighted by molar-refractivity contribution is 5.71. The van der Waals surface area contributed by atoms with Crippen molar-refractivity contribution >= 4 is 12.4 Å². The van der Waals surface area contributed by atoms with Crippen LogP contribution in [0.15, 0.2) is 0 Å². The van der Waals surface area contributed by atoms with Gasteiger partial charge in [0, 0.05) is 6.54 Å². The van der Waals surface area contributed by atoms with Crippen LogP contribution >= 0.6 is 0 Å². The molecule has 88 valence electrons. The third-order valence-corrected chi connectivity index (χ3v) is 1.53. The van der Waals surface area contributed by atoms with E-state index in [1.807, 2.05) is 13.8 Å². The predicted molar refractivity (Wildman–Crippen MR) is 58.7 cm³/mol. The third kappa shape index (κ3) is 6.94. The van der Waals surface area contributed by atoms with Crippen molar-refractivity contribution in [1.29, 1.82) is 0 Å². The zero-order valence-corrected chi connectivity index (χ0v) is 10.2. The lowest BCUT2D eigenvalue weighted by atomic mass is 10.2. The average molecular weight is 215 g/mol. The number of hydrogen-bond acceptors (Lipinski definition) is 3. The summed E-state index contributed by atoms with van der Waals surface area (Å²) in [4.78, 5) is 23.5. The maximum absolute atomic E-state index is 11.6. The molecular weight excluding hydrogens is 194 g/mol. The molecule has 0 aromatic rings. The summed E-state index contributed by atoms with van der Waals surface area (Å²) < 4.78 is 5.18. The molecule has 0 radical (unpaired) electrons. The zero-order chi connectivity index (χ0) is 12.1. The largest absolute Gasteiger partial charge is 0.444 e. The van der Waals surface area contributed by atoms with Gasteiger partial charge in [-0.2, -0.15) is 0 Å². The van der Waals surface area contributed by atoms with Crippen LogP contribution in [0.1, 0.15) is 34.6 Å². The first-order valence-corrected chi connectivity index (χ1v) is 5.18. The standard InChI is InChI=1S/C11H21NO3/c1-9(2)8-12(6-7-13)10(14)15-11(3,4)5/h7,9H,6,8H2,1-5H3. The van der Waals surface area contributed by atoms with Crippen molar-refractivity contribution in [2.75, 3.05) is 13.1 Å². The lowest BCUT2D eigenvalue weighted by Crippen LogP contribution is -2.39. The molecule has 4 heteroatoms. The summed E-state index contributed by atoms with van der Waals surface area (Å²) in [5.41, 5.74) is -0.519. The second kappa shape index (κ2) is 5.73. The van der Waals surface area contributed by atoms with Crippen LogP contribution in [0.4, 0.5) is 4.79 Å². The van der Waals surface area contributed by atoms with E-state index in [1.54, 1.807) is 20.8 Å². The quantitative estimate of drug-likeness (QED) is 0.674. The minimum Gasteiger partial charge on any atom is -0.444 e. The number of carbonyl (C=O) groups is 2. The first kappa shape index (κ1) is 13.9. The van der Waals surface area contributed by atoms with E-state index in [4.69, 9.17) is 4.74 Å². The molecule has 0 N–H and O–H groups in total. The molecule has 0 unspecified atom stereocenters. The van der Waals surface area contributed by atoms with Crippen LogP contribution in [0.2, 0.25) is 0 Å². The Balaban J connectivity index is 4.35. The predicted octanol–water partition coefficient (Wildman–Crippen LogP) is 2.08. The molecule has 0 saturated heterocycles. The summed E-state index contributed by atoms with van der Waals surface area (Å²) in [6, 6.07) is 0. The van der Waals surface area contributed by atoms with Crippen LogP contribution in [0.25, 0.3) is 0 Å². The maximum atomic E-state index is 11.6. The van der Waals surface area contributed by atoms with Crippen LogP contribution in [-0.4, -0.2) is 36.0 Å². The SMILES string of the molecule is CC(C)CN(CC=O)C(=O)OC(C)(C)C. The van der Waals surface area contributed by atoms with Gasteiger partial charge in [-0.3, -0.25) is 0 Å². The molecule has 1 amide bonds. The Morgan fingerprint density at radius 3 is 2.27 bits per heavy atom. The van der Waals surface area contributed by atoms with E-state index in [0.29, 0.717) is 18.7 Å². The van der Waals surface area contributed by atoms with E-state index in [2.05, 4.69) is 0 Å². The van der Waals surface area contributed by atoms with Gasteiger partial charge >= 0.3 is 6.09 Å². The maximum Gasteiger partial charge on any atom is 0.410 e. The molecule has 0 aromatic heterocycles. The van der Waals surface area contributed by atoms with E-state index < -0.39 is 11.7 Å². The molecule has 0 atom stereocenters. The van der Waals surface area contributed by atoms with E-state index in [-0.39, 0.29) is 6.54 Å². The summed E-state index contributed by atoms with van der Waals surface area (Å²) >= 11 is 0. The molecule has 0 rings (SSSR count). The summed E-state index contributed by atoms with van der Waals surface area (Å²) in [6.07, 6.45) is 0.287. The van der Waals surface area contributed by atoms with Crippen molar-refractivity contribution < 1.29 is 14.3 Å². The highest BCUT2D eigenvalue weighted by atomic mass is 16.6. The van der Waals surface area contributed by atoms with Gasteiger partial charge in [-0.1, -0.05) is 13.8 Å². The molecule has 15 heavy (non-hydrogen) atoms. The van der Waals surface area contributed by atoms with Crippen LogP contribution in [0.5, 0.6) is 0 Å². The van der Waals surface area contributed by atoms with Crippen molar-refractivity contribution in [2.45, 2.75) is 40.2 Å². The van der Waals surface area contributed by atoms with Crippen LogP contribution in [-0.2, 0) is 9.53 Å². The molecule has 0 saturated carbocycles. The van der Waals surface area contributed by atoms with Gasteiger partial charge in [0.25, 0.3) is 0 Å². The van der Waals surface area contributed by atoms with E-state index in [1.165, 1.54) is 4.90 Å². The molecule has 0 bridgehead atoms. The first-order chi connectivity index (χ1) is 6.76. The number of aldehydes is 1. The number of hydrogen-bond donors (Lipinski definition) is 0. The lowest BCUT2D eigenvalue weighted by molar-refractivity contribution is -0.109.